The van der Waals surface area contributed by atoms with Gasteiger partial charge in [0.25, 0.3) is 0 Å². The van der Waals surface area contributed by atoms with Crippen LogP contribution in [0.25, 0.3) is 21.5 Å². The molecule has 0 saturated heterocycles. The molecule has 8 nitrogen and oxygen atoms in total. The third-order valence-corrected chi connectivity index (χ3v) is 11.8. The molecule has 1 aliphatic carbocycles. The number of rotatable bonds is 7. The van der Waals surface area contributed by atoms with Gasteiger partial charge in [0.05, 0.1) is 11.4 Å². The van der Waals surface area contributed by atoms with Gasteiger partial charge < -0.3 is 19.3 Å². The number of esters is 2. The Morgan fingerprint density at radius 2 is 1.16 bits per heavy atom. The predicted molar refractivity (Wildman–Crippen MR) is 197 cm³/mol. The summed E-state index contributed by atoms with van der Waals surface area (Å²) in [5.41, 5.74) is 2.81. The number of fused-ring (bicyclic) bond motifs is 6. The standard InChI is InChI=1S/C40H40Cl2N2O6/c1-4-40(39(48)44-22-27(20-42)37-31-12-8-6-10-29(31)35(18-33(37)44)50-24(3)46)15-13-25(14-16-40)38(47)43-21-26(19-41)36-30-11-7-5-9-28(30)34(17-32(36)43)49-23(2)45/h5-12,17-18,25-27H,4,13-16,19-22H2,1-3H3. The summed E-state index contributed by atoms with van der Waals surface area (Å²) in [6.45, 7) is 5.67. The number of carbonyl (C=O) groups excluding carboxylic acids is 4. The zero-order valence-electron chi connectivity index (χ0n) is 28.5. The lowest BCUT2D eigenvalue weighted by molar-refractivity contribution is -0.134. The van der Waals surface area contributed by atoms with Crippen molar-refractivity contribution in [3.8, 4) is 11.5 Å². The molecule has 0 radical (unpaired) electrons. The van der Waals surface area contributed by atoms with Crippen molar-refractivity contribution in [3.63, 3.8) is 0 Å². The van der Waals surface area contributed by atoms with Gasteiger partial charge in [0.15, 0.2) is 0 Å². The number of halogens is 2. The highest BCUT2D eigenvalue weighted by atomic mass is 35.5. The molecule has 1 saturated carbocycles. The molecule has 10 heteroatoms. The van der Waals surface area contributed by atoms with Crippen LogP contribution in [0.2, 0.25) is 0 Å². The zero-order valence-corrected chi connectivity index (χ0v) is 30.0. The van der Waals surface area contributed by atoms with Crippen LogP contribution in [0.15, 0.2) is 60.7 Å². The van der Waals surface area contributed by atoms with E-state index in [2.05, 4.69) is 0 Å². The van der Waals surface area contributed by atoms with Gasteiger partial charge >= 0.3 is 11.9 Å². The van der Waals surface area contributed by atoms with E-state index >= 15 is 0 Å². The fourth-order valence-electron chi connectivity index (χ4n) is 8.60. The summed E-state index contributed by atoms with van der Waals surface area (Å²) in [6.07, 6.45) is 2.90. The largest absolute Gasteiger partial charge is 0.426 e. The first-order chi connectivity index (χ1) is 24.1. The SMILES string of the molecule is CCC1(C(=O)N2CC(CCl)c3c2cc(OC(C)=O)c2ccccc32)CCC(C(=O)N2CC(CCl)c3c2cc(OC(C)=O)c2ccccc32)CC1. The normalized spacial score (nSPS) is 22.8. The Balaban J connectivity index is 1.17. The van der Waals surface area contributed by atoms with Crippen molar-refractivity contribution >= 4 is 79.9 Å². The van der Waals surface area contributed by atoms with Gasteiger partial charge in [0.1, 0.15) is 11.5 Å². The number of nitrogens with zero attached hydrogens (tertiary/aromatic N) is 2. The predicted octanol–water partition coefficient (Wildman–Crippen LogP) is 8.47. The molecule has 0 N–H and O–H groups in total. The molecule has 1 fully saturated rings. The van der Waals surface area contributed by atoms with Crippen molar-refractivity contribution in [1.29, 1.82) is 0 Å². The number of alkyl halides is 2. The van der Waals surface area contributed by atoms with Crippen molar-refractivity contribution in [2.24, 2.45) is 11.3 Å². The second-order valence-corrected chi connectivity index (χ2v) is 14.5. The number of amides is 2. The van der Waals surface area contributed by atoms with Gasteiger partial charge in [-0.15, -0.1) is 23.2 Å². The average molecular weight is 716 g/mol. The van der Waals surface area contributed by atoms with Crippen LogP contribution in [0, 0.1) is 11.3 Å². The molecule has 2 heterocycles. The van der Waals surface area contributed by atoms with Crippen LogP contribution in [0.3, 0.4) is 0 Å². The van der Waals surface area contributed by atoms with E-state index in [1.807, 2.05) is 71.3 Å². The van der Waals surface area contributed by atoms with Gasteiger partial charge in [-0.25, -0.2) is 0 Å². The van der Waals surface area contributed by atoms with Crippen LogP contribution in [0.1, 0.15) is 75.8 Å². The summed E-state index contributed by atoms with van der Waals surface area (Å²) in [6, 6.07) is 19.1. The van der Waals surface area contributed by atoms with Crippen LogP contribution in [-0.2, 0) is 19.2 Å². The van der Waals surface area contributed by atoms with Crippen molar-refractivity contribution in [3.05, 3.63) is 71.8 Å². The molecule has 2 unspecified atom stereocenters. The van der Waals surface area contributed by atoms with E-state index in [0.717, 1.165) is 44.0 Å². The van der Waals surface area contributed by atoms with Crippen LogP contribution >= 0.6 is 23.2 Å². The Morgan fingerprint density at radius 1 is 0.720 bits per heavy atom. The number of carbonyl (C=O) groups is 4. The zero-order chi connectivity index (χ0) is 35.3. The van der Waals surface area contributed by atoms with Crippen molar-refractivity contribution in [2.45, 2.75) is 64.7 Å². The minimum Gasteiger partial charge on any atom is -0.426 e. The monoisotopic (exact) mass is 714 g/mol. The molecule has 2 aliphatic heterocycles. The van der Waals surface area contributed by atoms with Crippen LogP contribution in [0.4, 0.5) is 11.4 Å². The van der Waals surface area contributed by atoms with E-state index in [0.29, 0.717) is 68.5 Å². The summed E-state index contributed by atoms with van der Waals surface area (Å²) < 4.78 is 11.3. The van der Waals surface area contributed by atoms with Gasteiger partial charge in [0, 0.05) is 84.8 Å². The fraction of sp³-hybridized carbons (Fsp3) is 0.400. The molecule has 2 amide bonds. The third-order valence-electron chi connectivity index (χ3n) is 11.1. The molecule has 0 aromatic heterocycles. The van der Waals surface area contributed by atoms with E-state index in [1.165, 1.54) is 13.8 Å². The lowest BCUT2D eigenvalue weighted by Gasteiger charge is -2.41. The van der Waals surface area contributed by atoms with Crippen LogP contribution in [0.5, 0.6) is 11.5 Å². The summed E-state index contributed by atoms with van der Waals surface area (Å²) in [5, 5.41) is 3.46. The maximum absolute atomic E-state index is 14.7. The maximum atomic E-state index is 14.7. The topological polar surface area (TPSA) is 93.2 Å². The molecule has 4 aromatic rings. The van der Waals surface area contributed by atoms with Gasteiger partial charge in [0.2, 0.25) is 11.8 Å². The molecule has 2 atom stereocenters. The lowest BCUT2D eigenvalue weighted by Crippen LogP contribution is -2.47. The van der Waals surface area contributed by atoms with Crippen molar-refractivity contribution in [2.75, 3.05) is 34.6 Å². The quantitative estimate of drug-likeness (QED) is 0.108. The summed E-state index contributed by atoms with van der Waals surface area (Å²) in [5.74, 6) is 0.301. The summed E-state index contributed by atoms with van der Waals surface area (Å²) >= 11 is 13.0. The second kappa shape index (κ2) is 13.5. The van der Waals surface area contributed by atoms with E-state index < -0.39 is 17.4 Å². The van der Waals surface area contributed by atoms with E-state index in [4.69, 9.17) is 32.7 Å². The Labute approximate surface area is 301 Å². The number of benzene rings is 4. The van der Waals surface area contributed by atoms with Gasteiger partial charge in [-0.1, -0.05) is 55.5 Å². The smallest absolute Gasteiger partial charge is 0.308 e. The first-order valence-electron chi connectivity index (χ1n) is 17.3. The molecule has 4 aromatic carbocycles. The Morgan fingerprint density at radius 3 is 1.60 bits per heavy atom. The molecule has 50 heavy (non-hydrogen) atoms. The molecule has 260 valence electrons. The Hall–Kier alpha value is -4.14. The van der Waals surface area contributed by atoms with Crippen molar-refractivity contribution < 1.29 is 28.7 Å². The Bertz CT molecular complexity index is 2040. The number of hydrogen-bond acceptors (Lipinski definition) is 6. The van der Waals surface area contributed by atoms with Crippen LogP contribution < -0.4 is 19.3 Å². The average Bonchev–Trinajstić information content (AvgIpc) is 3.69. The molecular weight excluding hydrogens is 675 g/mol. The first kappa shape index (κ1) is 34.3. The minimum absolute atomic E-state index is 0.00582. The third kappa shape index (κ3) is 5.70. The fourth-order valence-corrected chi connectivity index (χ4v) is 9.10. The molecule has 0 spiro atoms. The number of hydrogen-bond donors (Lipinski definition) is 0. The molecule has 0 bridgehead atoms. The van der Waals surface area contributed by atoms with Crippen LogP contribution in [-0.4, -0.2) is 48.6 Å². The highest BCUT2D eigenvalue weighted by molar-refractivity contribution is 6.19. The van der Waals surface area contributed by atoms with Gasteiger partial charge in [-0.05, 0) is 54.0 Å². The van der Waals surface area contributed by atoms with E-state index in [1.54, 1.807) is 6.07 Å². The maximum Gasteiger partial charge on any atom is 0.308 e. The van der Waals surface area contributed by atoms with Gasteiger partial charge in [-0.3, -0.25) is 19.2 Å². The highest BCUT2D eigenvalue weighted by Crippen LogP contribution is 2.51. The van der Waals surface area contributed by atoms with E-state index in [-0.39, 0.29) is 29.6 Å². The number of anilines is 2. The molecule has 3 aliphatic rings. The first-order valence-corrected chi connectivity index (χ1v) is 18.4. The molecular formula is C40H40Cl2N2O6. The van der Waals surface area contributed by atoms with Crippen molar-refractivity contribution in [1.82, 2.24) is 0 Å². The second-order valence-electron chi connectivity index (χ2n) is 13.9. The minimum atomic E-state index is -0.650. The summed E-state index contributed by atoms with van der Waals surface area (Å²) in [4.78, 5) is 56.8. The highest BCUT2D eigenvalue weighted by Gasteiger charge is 2.48. The van der Waals surface area contributed by atoms with E-state index in [9.17, 15) is 19.2 Å². The lowest BCUT2D eigenvalue weighted by atomic mass is 9.67. The molecule has 7 rings (SSSR count). The number of ether oxygens (including phenoxy) is 2. The summed E-state index contributed by atoms with van der Waals surface area (Å²) in [7, 11) is 0. The van der Waals surface area contributed by atoms with Gasteiger partial charge in [-0.2, -0.15) is 0 Å². The Kier molecular flexibility index (Phi) is 9.29.